The van der Waals surface area contributed by atoms with Gasteiger partial charge in [-0.15, -0.1) is 0 Å². The average molecular weight is 398 g/mol. The van der Waals surface area contributed by atoms with Gasteiger partial charge in [0.25, 0.3) is 15.9 Å². The summed E-state index contributed by atoms with van der Waals surface area (Å²) in [4.78, 5) is 12.5. The summed E-state index contributed by atoms with van der Waals surface area (Å²) in [5.41, 5.74) is 2.22. The fourth-order valence-corrected chi connectivity index (χ4v) is 3.83. The third-order valence-corrected chi connectivity index (χ3v) is 6.04. The third-order valence-electron chi connectivity index (χ3n) is 4.25. The molecule has 7 heteroatoms. The number of benzene rings is 3. The third kappa shape index (κ3) is 4.20. The van der Waals surface area contributed by atoms with Crippen molar-refractivity contribution in [3.63, 3.8) is 0 Å². The molecule has 0 saturated carbocycles. The van der Waals surface area contributed by atoms with Gasteiger partial charge in [0.2, 0.25) is 0 Å². The molecular formula is C21H19FN2O3S. The first-order valence-corrected chi connectivity index (χ1v) is 9.94. The van der Waals surface area contributed by atoms with Crippen LogP contribution in [0.2, 0.25) is 0 Å². The summed E-state index contributed by atoms with van der Waals surface area (Å²) in [6.45, 7) is 1.94. The van der Waals surface area contributed by atoms with E-state index in [4.69, 9.17) is 0 Å². The molecule has 1 amide bonds. The molecule has 0 aromatic heterocycles. The maximum atomic E-state index is 13.1. The van der Waals surface area contributed by atoms with E-state index in [1.54, 1.807) is 18.2 Å². The first-order chi connectivity index (χ1) is 13.3. The van der Waals surface area contributed by atoms with Crippen LogP contribution in [0.4, 0.5) is 15.8 Å². The molecule has 0 aliphatic carbocycles. The van der Waals surface area contributed by atoms with Crippen LogP contribution in [-0.4, -0.2) is 21.4 Å². The van der Waals surface area contributed by atoms with Gasteiger partial charge in [0.15, 0.2) is 0 Å². The summed E-state index contributed by atoms with van der Waals surface area (Å²) in [6, 6.07) is 18.2. The van der Waals surface area contributed by atoms with Gasteiger partial charge in [-0.25, -0.2) is 12.8 Å². The topological polar surface area (TPSA) is 66.5 Å². The second kappa shape index (κ2) is 7.82. The van der Waals surface area contributed by atoms with E-state index >= 15 is 0 Å². The zero-order chi connectivity index (χ0) is 20.3. The van der Waals surface area contributed by atoms with E-state index in [0.717, 1.165) is 9.87 Å². The number of nitrogens with zero attached hydrogens (tertiary/aromatic N) is 1. The van der Waals surface area contributed by atoms with Gasteiger partial charge < -0.3 is 5.32 Å². The van der Waals surface area contributed by atoms with Gasteiger partial charge in [-0.2, -0.15) is 0 Å². The Morgan fingerprint density at radius 1 is 0.964 bits per heavy atom. The SMILES string of the molecule is Cc1ccc(NC(=O)c2cccc(S(=O)(=O)N(C)c3ccc(F)cc3)c2)cc1. The lowest BCUT2D eigenvalue weighted by atomic mass is 10.2. The van der Waals surface area contributed by atoms with Gasteiger partial charge in [0, 0.05) is 18.3 Å². The van der Waals surface area contributed by atoms with Gasteiger partial charge in [0.05, 0.1) is 10.6 Å². The molecule has 144 valence electrons. The van der Waals surface area contributed by atoms with Crippen LogP contribution in [-0.2, 0) is 10.0 Å². The Kier molecular flexibility index (Phi) is 5.46. The lowest BCUT2D eigenvalue weighted by molar-refractivity contribution is 0.102. The van der Waals surface area contributed by atoms with Crippen molar-refractivity contribution in [2.24, 2.45) is 0 Å². The van der Waals surface area contributed by atoms with E-state index in [2.05, 4.69) is 5.32 Å². The molecule has 28 heavy (non-hydrogen) atoms. The van der Waals surface area contributed by atoms with Crippen molar-refractivity contribution in [1.82, 2.24) is 0 Å². The Labute approximate surface area is 163 Å². The molecule has 0 spiro atoms. The van der Waals surface area contributed by atoms with Crippen LogP contribution >= 0.6 is 0 Å². The molecule has 5 nitrogen and oxygen atoms in total. The predicted octanol–water partition coefficient (Wildman–Crippen LogP) is 4.21. The number of rotatable bonds is 5. The highest BCUT2D eigenvalue weighted by Crippen LogP contribution is 2.23. The minimum atomic E-state index is -3.91. The number of nitrogens with one attached hydrogen (secondary N) is 1. The maximum Gasteiger partial charge on any atom is 0.264 e. The highest BCUT2D eigenvalue weighted by atomic mass is 32.2. The molecule has 3 aromatic carbocycles. The summed E-state index contributed by atoms with van der Waals surface area (Å²) in [6.07, 6.45) is 0. The number of sulfonamides is 1. The van der Waals surface area contributed by atoms with E-state index in [0.29, 0.717) is 11.4 Å². The number of halogens is 1. The lowest BCUT2D eigenvalue weighted by Gasteiger charge is -2.19. The number of carbonyl (C=O) groups is 1. The second-order valence-corrected chi connectivity index (χ2v) is 8.27. The molecular weight excluding hydrogens is 379 g/mol. The molecule has 0 radical (unpaired) electrons. The normalized spacial score (nSPS) is 11.1. The van der Waals surface area contributed by atoms with Crippen molar-refractivity contribution in [2.75, 3.05) is 16.7 Å². The molecule has 0 heterocycles. The second-order valence-electron chi connectivity index (χ2n) is 6.30. The number of aryl methyl sites for hydroxylation is 1. The van der Waals surface area contributed by atoms with Gasteiger partial charge in [0.1, 0.15) is 5.82 Å². The molecule has 3 aromatic rings. The molecule has 0 saturated heterocycles. The average Bonchev–Trinajstić information content (AvgIpc) is 2.70. The predicted molar refractivity (Wildman–Crippen MR) is 108 cm³/mol. The summed E-state index contributed by atoms with van der Waals surface area (Å²) in [7, 11) is -2.53. The van der Waals surface area contributed by atoms with Crippen LogP contribution in [0.1, 0.15) is 15.9 Å². The Morgan fingerprint density at radius 2 is 1.61 bits per heavy atom. The Bertz CT molecular complexity index is 1100. The molecule has 1 N–H and O–H groups in total. The first kappa shape index (κ1) is 19.6. The van der Waals surface area contributed by atoms with Gasteiger partial charge in [-0.1, -0.05) is 23.8 Å². The zero-order valence-electron chi connectivity index (χ0n) is 15.4. The number of anilines is 2. The summed E-state index contributed by atoms with van der Waals surface area (Å²) >= 11 is 0. The highest BCUT2D eigenvalue weighted by Gasteiger charge is 2.22. The van der Waals surface area contributed by atoms with Crippen molar-refractivity contribution < 1.29 is 17.6 Å². The van der Waals surface area contributed by atoms with Crippen LogP contribution in [0.3, 0.4) is 0 Å². The molecule has 0 atom stereocenters. The fraction of sp³-hybridized carbons (Fsp3) is 0.0952. The van der Waals surface area contributed by atoms with Gasteiger partial charge >= 0.3 is 0 Å². The first-order valence-electron chi connectivity index (χ1n) is 8.50. The summed E-state index contributed by atoms with van der Waals surface area (Å²) < 4.78 is 39.9. The van der Waals surface area contributed by atoms with Crippen LogP contribution in [0.25, 0.3) is 0 Å². The minimum absolute atomic E-state index is 0.0316. The van der Waals surface area contributed by atoms with E-state index in [9.17, 15) is 17.6 Å². The van der Waals surface area contributed by atoms with Crippen molar-refractivity contribution >= 4 is 27.3 Å². The standard InChI is InChI=1S/C21H19FN2O3S/c1-15-6-10-18(11-7-15)23-21(25)16-4-3-5-20(14-16)28(26,27)24(2)19-12-8-17(22)9-13-19/h3-14H,1-2H3,(H,23,25). The van der Waals surface area contributed by atoms with Crippen LogP contribution < -0.4 is 9.62 Å². The Balaban J connectivity index is 1.86. The van der Waals surface area contributed by atoms with E-state index in [-0.39, 0.29) is 10.5 Å². The summed E-state index contributed by atoms with van der Waals surface area (Å²) in [5, 5.41) is 2.74. The van der Waals surface area contributed by atoms with E-state index < -0.39 is 21.7 Å². The molecule has 0 aliphatic rings. The van der Waals surface area contributed by atoms with Crippen molar-refractivity contribution in [2.45, 2.75) is 11.8 Å². The highest BCUT2D eigenvalue weighted by molar-refractivity contribution is 7.92. The fourth-order valence-electron chi connectivity index (χ4n) is 2.59. The van der Waals surface area contributed by atoms with Crippen LogP contribution in [0.15, 0.2) is 77.7 Å². The van der Waals surface area contributed by atoms with E-state index in [1.165, 1.54) is 49.5 Å². The van der Waals surface area contributed by atoms with Crippen molar-refractivity contribution in [3.8, 4) is 0 Å². The van der Waals surface area contributed by atoms with Crippen LogP contribution in [0.5, 0.6) is 0 Å². The summed E-state index contributed by atoms with van der Waals surface area (Å²) in [5.74, 6) is -0.866. The Hall–Kier alpha value is -3.19. The smallest absolute Gasteiger partial charge is 0.264 e. The number of amides is 1. The van der Waals surface area contributed by atoms with E-state index in [1.807, 2.05) is 19.1 Å². The van der Waals surface area contributed by atoms with Crippen molar-refractivity contribution in [3.05, 3.63) is 89.7 Å². The Morgan fingerprint density at radius 3 is 2.25 bits per heavy atom. The van der Waals surface area contributed by atoms with Gasteiger partial charge in [-0.05, 0) is 61.5 Å². The maximum absolute atomic E-state index is 13.1. The minimum Gasteiger partial charge on any atom is -0.322 e. The zero-order valence-corrected chi connectivity index (χ0v) is 16.2. The molecule has 0 aliphatic heterocycles. The van der Waals surface area contributed by atoms with Crippen molar-refractivity contribution in [1.29, 1.82) is 0 Å². The molecule has 0 fully saturated rings. The number of carbonyl (C=O) groups excluding carboxylic acids is 1. The van der Waals surface area contributed by atoms with Gasteiger partial charge in [-0.3, -0.25) is 9.10 Å². The molecule has 0 unspecified atom stereocenters. The monoisotopic (exact) mass is 398 g/mol. The number of hydrogen-bond donors (Lipinski definition) is 1. The number of hydrogen-bond acceptors (Lipinski definition) is 3. The lowest BCUT2D eigenvalue weighted by Crippen LogP contribution is -2.26. The largest absolute Gasteiger partial charge is 0.322 e. The quantitative estimate of drug-likeness (QED) is 0.700. The molecule has 3 rings (SSSR count). The molecule has 0 bridgehead atoms. The van der Waals surface area contributed by atoms with Crippen LogP contribution in [0, 0.1) is 12.7 Å².